The zero-order chi connectivity index (χ0) is 27.6. The maximum atomic E-state index is 11.2. The molecule has 9 heteroatoms. The number of benzene rings is 3. The minimum Gasteiger partial charge on any atom is -0.497 e. The molecule has 198 valence electrons. The summed E-state index contributed by atoms with van der Waals surface area (Å²) < 4.78 is 5.11. The standard InChI is InChI=1S/C11H12N2O2S.C10H15NO.C7H8ClN/c1-8(15)9-3-4-10(12-2)11(5-9)16-7-13-6-14;1-11-7-6-9-4-3-5-10(8-9)12-2;1-5-3-2-4-6(8)7(5)9/h3-6H,2,7H2,1H3,(H,13,14);3-5,8,11H,6-7H2,1-2H3;2-4H,9H2,1H3. The fourth-order valence-electron chi connectivity index (χ4n) is 2.87. The molecule has 0 unspecified atom stereocenters. The lowest BCUT2D eigenvalue weighted by Gasteiger charge is -2.06. The number of nitrogens with one attached hydrogen (secondary N) is 2. The molecule has 0 atom stereocenters. The Morgan fingerprint density at radius 2 is 1.92 bits per heavy atom. The van der Waals surface area contributed by atoms with Crippen molar-refractivity contribution < 1.29 is 14.3 Å². The Kier molecular flexibility index (Phi) is 15.4. The third-order valence-electron chi connectivity index (χ3n) is 5.00. The van der Waals surface area contributed by atoms with Gasteiger partial charge in [0.05, 0.1) is 29.4 Å². The molecule has 0 saturated carbocycles. The van der Waals surface area contributed by atoms with E-state index in [0.717, 1.165) is 29.2 Å². The summed E-state index contributed by atoms with van der Waals surface area (Å²) in [6, 6.07) is 19.0. The highest BCUT2D eigenvalue weighted by atomic mass is 35.5. The number of ketones is 1. The number of halogens is 1. The number of amides is 1. The Morgan fingerprint density at radius 1 is 1.19 bits per heavy atom. The number of nitrogens with zero attached hydrogens (tertiary/aromatic N) is 1. The molecular weight excluding hydrogens is 508 g/mol. The third kappa shape index (κ3) is 12.0. The molecule has 0 radical (unpaired) electrons. The molecular formula is C28H35ClN4O3S. The van der Waals surface area contributed by atoms with E-state index < -0.39 is 0 Å². The van der Waals surface area contributed by atoms with Crippen LogP contribution >= 0.6 is 23.4 Å². The van der Waals surface area contributed by atoms with E-state index in [-0.39, 0.29) is 5.78 Å². The maximum Gasteiger partial charge on any atom is 0.207 e. The summed E-state index contributed by atoms with van der Waals surface area (Å²) in [6.45, 7) is 7.90. The normalized spacial score (nSPS) is 9.65. The number of carbonyl (C=O) groups excluding carboxylic acids is 2. The van der Waals surface area contributed by atoms with Crippen molar-refractivity contribution in [3.05, 3.63) is 82.4 Å². The Balaban J connectivity index is 0.000000289. The first-order chi connectivity index (χ1) is 17.8. The lowest BCUT2D eigenvalue weighted by atomic mass is 10.1. The van der Waals surface area contributed by atoms with Crippen LogP contribution < -0.4 is 21.1 Å². The van der Waals surface area contributed by atoms with Crippen LogP contribution in [-0.2, 0) is 11.2 Å². The average molecular weight is 543 g/mol. The van der Waals surface area contributed by atoms with Gasteiger partial charge in [0.2, 0.25) is 6.41 Å². The number of Topliss-reactive ketones (excluding diaryl/α,β-unsaturated/α-hetero) is 1. The highest BCUT2D eigenvalue weighted by Gasteiger charge is 2.06. The molecule has 0 bridgehead atoms. The second-order valence-electron chi connectivity index (χ2n) is 7.68. The first-order valence-corrected chi connectivity index (χ1v) is 12.8. The predicted octanol–water partition coefficient (Wildman–Crippen LogP) is 5.70. The van der Waals surface area contributed by atoms with Gasteiger partial charge in [-0.3, -0.25) is 14.6 Å². The summed E-state index contributed by atoms with van der Waals surface area (Å²) in [5, 5.41) is 6.28. The molecule has 7 nitrogen and oxygen atoms in total. The molecule has 3 aromatic rings. The van der Waals surface area contributed by atoms with Crippen molar-refractivity contribution in [1.82, 2.24) is 10.6 Å². The average Bonchev–Trinajstić information content (AvgIpc) is 2.91. The molecule has 0 aliphatic carbocycles. The third-order valence-corrected chi connectivity index (χ3v) is 6.28. The summed E-state index contributed by atoms with van der Waals surface area (Å²) in [5.74, 6) is 1.37. The van der Waals surface area contributed by atoms with Crippen LogP contribution in [0.3, 0.4) is 0 Å². The molecule has 3 aromatic carbocycles. The molecule has 0 aliphatic heterocycles. The number of thioether (sulfide) groups is 1. The van der Waals surface area contributed by atoms with E-state index in [1.807, 2.05) is 38.2 Å². The summed E-state index contributed by atoms with van der Waals surface area (Å²) in [7, 11) is 3.65. The summed E-state index contributed by atoms with van der Waals surface area (Å²) >= 11 is 7.09. The van der Waals surface area contributed by atoms with Gasteiger partial charge in [0.15, 0.2) is 5.78 Å². The fourth-order valence-corrected chi connectivity index (χ4v) is 3.89. The van der Waals surface area contributed by atoms with Crippen LogP contribution in [0.4, 0.5) is 11.4 Å². The van der Waals surface area contributed by atoms with Gasteiger partial charge in [-0.2, -0.15) is 0 Å². The van der Waals surface area contributed by atoms with Crippen LogP contribution in [0, 0.1) is 6.92 Å². The number of ether oxygens (including phenoxy) is 1. The van der Waals surface area contributed by atoms with Gasteiger partial charge in [-0.15, -0.1) is 11.8 Å². The van der Waals surface area contributed by atoms with Crippen LogP contribution in [0.15, 0.2) is 70.6 Å². The summed E-state index contributed by atoms with van der Waals surface area (Å²) in [5.41, 5.74) is 9.91. The maximum absolute atomic E-state index is 11.2. The molecule has 1 amide bonds. The quantitative estimate of drug-likeness (QED) is 0.0576. The number of nitrogens with two attached hydrogens (primary N) is 1. The van der Waals surface area contributed by atoms with Gasteiger partial charge in [-0.1, -0.05) is 35.9 Å². The van der Waals surface area contributed by atoms with E-state index in [4.69, 9.17) is 22.1 Å². The number of hydrogen-bond donors (Lipinski definition) is 3. The largest absolute Gasteiger partial charge is 0.497 e. The smallest absolute Gasteiger partial charge is 0.207 e. The molecule has 0 aromatic heterocycles. The minimum atomic E-state index is 0.000749. The number of nitrogen functional groups attached to an aromatic ring is 1. The van der Waals surface area contributed by atoms with Crippen molar-refractivity contribution in [2.45, 2.75) is 25.2 Å². The summed E-state index contributed by atoms with van der Waals surface area (Å²) in [6.07, 6.45) is 1.68. The van der Waals surface area contributed by atoms with Crippen molar-refractivity contribution in [2.75, 3.05) is 32.3 Å². The van der Waals surface area contributed by atoms with Crippen LogP contribution in [0.1, 0.15) is 28.4 Å². The van der Waals surface area contributed by atoms with Gasteiger partial charge in [0, 0.05) is 10.5 Å². The number of methoxy groups -OCH3 is 1. The highest BCUT2D eigenvalue weighted by Crippen LogP contribution is 2.29. The van der Waals surface area contributed by atoms with Gasteiger partial charge >= 0.3 is 0 Å². The number of likely N-dealkylation sites (N-methyl/N-ethyl adjacent to an activating group) is 1. The molecule has 37 heavy (non-hydrogen) atoms. The molecule has 0 aliphatic rings. The first-order valence-electron chi connectivity index (χ1n) is 11.5. The van der Waals surface area contributed by atoms with E-state index in [1.165, 1.54) is 24.2 Å². The predicted molar refractivity (Wildman–Crippen MR) is 157 cm³/mol. The van der Waals surface area contributed by atoms with Gasteiger partial charge in [-0.25, -0.2) is 0 Å². The van der Waals surface area contributed by atoms with Crippen molar-refractivity contribution >= 4 is 53.6 Å². The zero-order valence-electron chi connectivity index (χ0n) is 21.7. The molecule has 0 heterocycles. The van der Waals surface area contributed by atoms with E-state index in [9.17, 15) is 9.59 Å². The monoisotopic (exact) mass is 542 g/mol. The Hall–Kier alpha value is -3.33. The van der Waals surface area contributed by atoms with Crippen molar-refractivity contribution in [3.63, 3.8) is 0 Å². The molecule has 3 rings (SSSR count). The van der Waals surface area contributed by atoms with E-state index in [1.54, 1.807) is 31.4 Å². The van der Waals surface area contributed by atoms with Crippen molar-refractivity contribution in [1.29, 1.82) is 0 Å². The van der Waals surface area contributed by atoms with Gasteiger partial charge in [-0.05, 0) is 88.1 Å². The number of aryl methyl sites for hydroxylation is 1. The lowest BCUT2D eigenvalue weighted by molar-refractivity contribution is -0.109. The number of aliphatic imine (C=N–C) groups is 1. The van der Waals surface area contributed by atoms with Gasteiger partial charge < -0.3 is 21.1 Å². The van der Waals surface area contributed by atoms with Gasteiger partial charge in [0.25, 0.3) is 0 Å². The minimum absolute atomic E-state index is 0.000749. The van der Waals surface area contributed by atoms with Crippen LogP contribution in [0.25, 0.3) is 0 Å². The van der Waals surface area contributed by atoms with E-state index >= 15 is 0 Å². The number of rotatable bonds is 10. The van der Waals surface area contributed by atoms with Crippen LogP contribution in [0.5, 0.6) is 5.75 Å². The van der Waals surface area contributed by atoms with Crippen LogP contribution in [0.2, 0.25) is 5.02 Å². The molecule has 0 fully saturated rings. The second kappa shape index (κ2) is 18.0. The Labute approximate surface area is 228 Å². The van der Waals surface area contributed by atoms with Crippen molar-refractivity contribution in [2.24, 2.45) is 4.99 Å². The highest BCUT2D eigenvalue weighted by molar-refractivity contribution is 7.99. The lowest BCUT2D eigenvalue weighted by Crippen LogP contribution is -2.10. The molecule has 0 saturated heterocycles. The number of anilines is 1. The van der Waals surface area contributed by atoms with E-state index in [2.05, 4.69) is 34.5 Å². The zero-order valence-corrected chi connectivity index (χ0v) is 23.3. The Bertz CT molecular complexity index is 1140. The van der Waals surface area contributed by atoms with Gasteiger partial charge in [0.1, 0.15) is 5.75 Å². The number of para-hydroxylation sites is 1. The SMILES string of the molecule is C=Nc1ccc(C(C)=O)cc1SCNC=O.CNCCc1cccc(OC)c1.Cc1cccc(Cl)c1N. The molecule has 4 N–H and O–H groups in total. The van der Waals surface area contributed by atoms with Crippen molar-refractivity contribution in [3.8, 4) is 5.75 Å². The fraction of sp³-hybridized carbons (Fsp3) is 0.250. The topological polar surface area (TPSA) is 106 Å². The number of carbonyl (C=O) groups is 2. The second-order valence-corrected chi connectivity index (χ2v) is 9.11. The Morgan fingerprint density at radius 3 is 2.49 bits per heavy atom. The summed E-state index contributed by atoms with van der Waals surface area (Å²) in [4.78, 5) is 26.0. The number of hydrogen-bond acceptors (Lipinski definition) is 7. The van der Waals surface area contributed by atoms with E-state index in [0.29, 0.717) is 34.2 Å². The molecule has 0 spiro atoms. The van der Waals surface area contributed by atoms with Crippen LogP contribution in [-0.4, -0.2) is 45.5 Å². The first kappa shape index (κ1) is 31.7.